The fraction of sp³-hybridized carbons (Fsp3) is 0.409. The third kappa shape index (κ3) is 2.74. The summed E-state index contributed by atoms with van der Waals surface area (Å²) in [5.74, 6) is -0.818. The van der Waals surface area contributed by atoms with E-state index in [1.807, 2.05) is 18.2 Å². The third-order valence-electron chi connectivity index (χ3n) is 6.38. The molecule has 136 valence electrons. The minimum absolute atomic E-state index is 0.382. The predicted octanol–water partition coefficient (Wildman–Crippen LogP) is 3.35. The fourth-order valence-corrected chi connectivity index (χ4v) is 4.79. The zero-order valence-corrected chi connectivity index (χ0v) is 15.0. The van der Waals surface area contributed by atoms with Crippen molar-refractivity contribution in [2.75, 3.05) is 7.05 Å². The first-order valence-electron chi connectivity index (χ1n) is 9.34. The average Bonchev–Trinajstić information content (AvgIpc) is 2.87. The summed E-state index contributed by atoms with van der Waals surface area (Å²) in [7, 11) is 2.22. The van der Waals surface area contributed by atoms with E-state index in [-0.39, 0.29) is 0 Å². The maximum atomic E-state index is 12.0. The van der Waals surface area contributed by atoms with Crippen LogP contribution in [0.1, 0.15) is 48.3 Å². The van der Waals surface area contributed by atoms with Crippen molar-refractivity contribution in [1.82, 2.24) is 4.90 Å². The van der Waals surface area contributed by atoms with Gasteiger partial charge in [-0.15, -0.1) is 0 Å². The lowest BCUT2D eigenvalue weighted by Gasteiger charge is -2.37. The molecule has 0 spiro atoms. The first-order chi connectivity index (χ1) is 12.5. The van der Waals surface area contributed by atoms with Gasteiger partial charge in [0.05, 0.1) is 0 Å². The van der Waals surface area contributed by atoms with Crippen LogP contribution in [0.25, 0.3) is 0 Å². The van der Waals surface area contributed by atoms with Crippen molar-refractivity contribution in [3.63, 3.8) is 0 Å². The highest BCUT2D eigenvalue weighted by molar-refractivity contribution is 5.83. The number of carboxylic acid groups (broad SMARTS) is 1. The van der Waals surface area contributed by atoms with E-state index in [1.54, 1.807) is 30.3 Å². The quantitative estimate of drug-likeness (QED) is 0.887. The van der Waals surface area contributed by atoms with Crippen LogP contribution in [-0.2, 0) is 10.4 Å². The molecule has 26 heavy (non-hydrogen) atoms. The summed E-state index contributed by atoms with van der Waals surface area (Å²) in [5.41, 5.74) is -0.0713. The molecule has 4 nitrogen and oxygen atoms in total. The highest BCUT2D eigenvalue weighted by Gasteiger charge is 2.42. The Morgan fingerprint density at radius 3 is 2.23 bits per heavy atom. The average molecular weight is 351 g/mol. The predicted molar refractivity (Wildman–Crippen MR) is 100 cm³/mol. The van der Waals surface area contributed by atoms with Crippen LogP contribution < -0.4 is 0 Å². The Hall–Kier alpha value is -2.17. The Balaban J connectivity index is 1.70. The largest absolute Gasteiger partial charge is 0.479 e. The number of piperidine rings is 1. The molecule has 4 heteroatoms. The molecule has 0 aliphatic carbocycles. The van der Waals surface area contributed by atoms with Crippen LogP contribution in [0, 0.1) is 0 Å². The summed E-state index contributed by atoms with van der Waals surface area (Å²) in [6.45, 7) is 0. The van der Waals surface area contributed by atoms with E-state index in [4.69, 9.17) is 0 Å². The number of carboxylic acids is 1. The van der Waals surface area contributed by atoms with E-state index in [0.29, 0.717) is 29.1 Å². The smallest absolute Gasteiger partial charge is 0.345 e. The summed E-state index contributed by atoms with van der Waals surface area (Å²) < 4.78 is 0. The normalized spacial score (nSPS) is 27.8. The fourth-order valence-electron chi connectivity index (χ4n) is 4.79. The molecule has 2 aliphatic rings. The molecule has 0 amide bonds. The van der Waals surface area contributed by atoms with E-state index in [1.165, 1.54) is 12.8 Å². The van der Waals surface area contributed by atoms with Crippen molar-refractivity contribution in [2.24, 2.45) is 0 Å². The Morgan fingerprint density at radius 2 is 1.62 bits per heavy atom. The first kappa shape index (κ1) is 17.3. The van der Waals surface area contributed by atoms with Crippen LogP contribution in [0.4, 0.5) is 0 Å². The summed E-state index contributed by atoms with van der Waals surface area (Å²) in [4.78, 5) is 14.5. The van der Waals surface area contributed by atoms with E-state index < -0.39 is 11.6 Å². The summed E-state index contributed by atoms with van der Waals surface area (Å²) in [5, 5.41) is 20.9. The molecular formula is C22H25NO3. The number of nitrogens with zero attached hydrogens (tertiary/aromatic N) is 1. The minimum Gasteiger partial charge on any atom is -0.479 e. The van der Waals surface area contributed by atoms with Gasteiger partial charge in [0.1, 0.15) is 0 Å². The van der Waals surface area contributed by atoms with E-state index in [9.17, 15) is 15.0 Å². The van der Waals surface area contributed by atoms with Gasteiger partial charge in [0.2, 0.25) is 5.60 Å². The molecule has 2 aliphatic heterocycles. The van der Waals surface area contributed by atoms with Gasteiger partial charge < -0.3 is 15.1 Å². The zero-order chi connectivity index (χ0) is 18.3. The SMILES string of the molecule is CN1[C@@H]2CC[C@H]1CC(c1cccc([C@@](O)(C(=O)O)c3ccccc3)c1)C2. The van der Waals surface area contributed by atoms with Gasteiger partial charge in [-0.25, -0.2) is 4.79 Å². The monoisotopic (exact) mass is 351 g/mol. The highest BCUT2D eigenvalue weighted by atomic mass is 16.4. The molecule has 2 heterocycles. The Bertz CT molecular complexity index is 792. The summed E-state index contributed by atoms with van der Waals surface area (Å²) in [6, 6.07) is 17.5. The molecule has 2 fully saturated rings. The molecule has 4 atom stereocenters. The van der Waals surface area contributed by atoms with E-state index in [0.717, 1.165) is 18.4 Å². The second-order valence-electron chi connectivity index (χ2n) is 7.73. The number of rotatable bonds is 4. The number of hydrogen-bond acceptors (Lipinski definition) is 3. The number of hydrogen-bond donors (Lipinski definition) is 2. The minimum atomic E-state index is -2.03. The van der Waals surface area contributed by atoms with Gasteiger partial charge in [0.15, 0.2) is 0 Å². The lowest BCUT2D eigenvalue weighted by atomic mass is 9.81. The van der Waals surface area contributed by atoms with E-state index in [2.05, 4.69) is 18.0 Å². The van der Waals surface area contributed by atoms with Gasteiger partial charge in [-0.2, -0.15) is 0 Å². The van der Waals surface area contributed by atoms with Crippen LogP contribution in [0.2, 0.25) is 0 Å². The second kappa shape index (κ2) is 6.53. The summed E-state index contributed by atoms with van der Waals surface area (Å²) >= 11 is 0. The molecule has 0 aromatic heterocycles. The molecule has 2 aromatic rings. The molecule has 0 radical (unpaired) electrons. The van der Waals surface area contributed by atoms with E-state index >= 15 is 0 Å². The van der Waals surface area contributed by atoms with Gasteiger partial charge in [-0.05, 0) is 55.3 Å². The standard InChI is InChI=1S/C22H25NO3/c1-23-19-10-11-20(23)14-16(13-19)15-6-5-9-18(12-15)22(26,21(24)25)17-7-3-2-4-8-17/h2-9,12,16,19-20,26H,10-11,13-14H2,1H3,(H,24,25)/t16?,19-,20+,22-/m1/s1. The van der Waals surface area contributed by atoms with Crippen LogP contribution >= 0.6 is 0 Å². The Labute approximate surface area is 154 Å². The van der Waals surface area contributed by atoms with Crippen molar-refractivity contribution in [2.45, 2.75) is 49.3 Å². The maximum absolute atomic E-state index is 12.0. The molecule has 4 rings (SSSR count). The van der Waals surface area contributed by atoms with Gasteiger partial charge in [-0.3, -0.25) is 0 Å². The Morgan fingerprint density at radius 1 is 1.00 bits per heavy atom. The summed E-state index contributed by atoms with van der Waals surface area (Å²) in [6.07, 6.45) is 4.71. The molecular weight excluding hydrogens is 326 g/mol. The molecule has 1 unspecified atom stereocenters. The molecule has 0 saturated carbocycles. The maximum Gasteiger partial charge on any atom is 0.345 e. The van der Waals surface area contributed by atoms with Gasteiger partial charge in [0, 0.05) is 12.1 Å². The zero-order valence-electron chi connectivity index (χ0n) is 15.0. The van der Waals surface area contributed by atoms with Crippen molar-refractivity contribution < 1.29 is 15.0 Å². The van der Waals surface area contributed by atoms with Gasteiger partial charge in [0.25, 0.3) is 0 Å². The first-order valence-corrected chi connectivity index (χ1v) is 9.34. The van der Waals surface area contributed by atoms with Gasteiger partial charge >= 0.3 is 5.97 Å². The number of aliphatic hydroxyl groups is 1. The highest BCUT2D eigenvalue weighted by Crippen LogP contribution is 2.43. The number of aliphatic carboxylic acids is 1. The molecule has 2 aromatic carbocycles. The molecule has 2 bridgehead atoms. The van der Waals surface area contributed by atoms with Crippen LogP contribution in [-0.4, -0.2) is 40.2 Å². The van der Waals surface area contributed by atoms with Crippen molar-refractivity contribution in [3.05, 3.63) is 71.3 Å². The number of benzene rings is 2. The van der Waals surface area contributed by atoms with Crippen LogP contribution in [0.5, 0.6) is 0 Å². The van der Waals surface area contributed by atoms with Crippen molar-refractivity contribution >= 4 is 5.97 Å². The second-order valence-corrected chi connectivity index (χ2v) is 7.73. The van der Waals surface area contributed by atoms with Gasteiger partial charge in [-0.1, -0.05) is 54.6 Å². The molecule has 2 saturated heterocycles. The van der Waals surface area contributed by atoms with Crippen LogP contribution in [0.15, 0.2) is 54.6 Å². The van der Waals surface area contributed by atoms with Crippen molar-refractivity contribution in [3.8, 4) is 0 Å². The Kier molecular flexibility index (Phi) is 4.33. The van der Waals surface area contributed by atoms with Crippen molar-refractivity contribution in [1.29, 1.82) is 0 Å². The van der Waals surface area contributed by atoms with Crippen LogP contribution in [0.3, 0.4) is 0 Å². The lowest BCUT2D eigenvalue weighted by molar-refractivity contribution is -0.155. The number of fused-ring (bicyclic) bond motifs is 2. The topological polar surface area (TPSA) is 60.8 Å². The third-order valence-corrected chi connectivity index (χ3v) is 6.38. The lowest BCUT2D eigenvalue weighted by Crippen LogP contribution is -2.39. The number of carbonyl (C=O) groups is 1. The molecule has 2 N–H and O–H groups in total.